The number of aliphatic hydroxyl groups is 3. The molecule has 3 fully saturated rings. The van der Waals surface area contributed by atoms with Crippen LogP contribution in [0.15, 0.2) is 11.6 Å². The second kappa shape index (κ2) is 6.53. The van der Waals surface area contributed by atoms with Crippen LogP contribution in [0.5, 0.6) is 0 Å². The summed E-state index contributed by atoms with van der Waals surface area (Å²) in [6, 6.07) is 0. The Kier molecular flexibility index (Phi) is 4.69. The first-order valence-corrected chi connectivity index (χ1v) is 10.6. The number of aliphatic hydroxyl groups excluding tert-OH is 2. The van der Waals surface area contributed by atoms with Gasteiger partial charge in [0.05, 0.1) is 6.10 Å². The largest absolute Gasteiger partial charge is 0.459 e. The van der Waals surface area contributed by atoms with E-state index >= 15 is 0 Å². The lowest BCUT2D eigenvalue weighted by Crippen LogP contribution is -2.68. The van der Waals surface area contributed by atoms with Gasteiger partial charge in [-0.1, -0.05) is 27.2 Å². The molecule has 1 heterocycles. The summed E-state index contributed by atoms with van der Waals surface area (Å²) in [5, 5.41) is 32.9. The first-order valence-electron chi connectivity index (χ1n) is 10.6. The van der Waals surface area contributed by atoms with Crippen molar-refractivity contribution >= 4 is 11.9 Å². The van der Waals surface area contributed by atoms with Gasteiger partial charge in [-0.05, 0) is 41.4 Å². The minimum absolute atomic E-state index is 0.0743. The molecular formula is C22H32O7. The molecular weight excluding hydrogens is 376 g/mol. The average Bonchev–Trinajstić information content (AvgIpc) is 2.93. The molecule has 1 aliphatic heterocycles. The summed E-state index contributed by atoms with van der Waals surface area (Å²) in [5.41, 5.74) is -0.426. The van der Waals surface area contributed by atoms with E-state index in [-0.39, 0.29) is 36.7 Å². The summed E-state index contributed by atoms with van der Waals surface area (Å²) in [5.74, 6) is -3.69. The van der Waals surface area contributed by atoms with Gasteiger partial charge in [0.2, 0.25) is 5.79 Å². The molecule has 4 rings (SSSR count). The van der Waals surface area contributed by atoms with Gasteiger partial charge in [0.25, 0.3) is 0 Å². The maximum atomic E-state index is 11.9. The van der Waals surface area contributed by atoms with Gasteiger partial charge in [-0.25, -0.2) is 4.79 Å². The van der Waals surface area contributed by atoms with Crippen LogP contribution in [-0.2, 0) is 19.1 Å². The summed E-state index contributed by atoms with van der Waals surface area (Å²) in [4.78, 5) is 23.9. The maximum absolute atomic E-state index is 11.9. The Morgan fingerprint density at radius 3 is 2.66 bits per heavy atom. The monoisotopic (exact) mass is 408 g/mol. The number of carbonyl (C=O) groups is 2. The second-order valence-corrected chi connectivity index (χ2v) is 10.2. The van der Waals surface area contributed by atoms with Crippen LogP contribution in [0, 0.1) is 34.5 Å². The van der Waals surface area contributed by atoms with Crippen LogP contribution in [0.25, 0.3) is 0 Å². The number of hydrogen-bond acceptors (Lipinski definition) is 7. The zero-order chi connectivity index (χ0) is 21.4. The zero-order valence-corrected chi connectivity index (χ0v) is 17.6. The van der Waals surface area contributed by atoms with Crippen molar-refractivity contribution in [1.82, 2.24) is 0 Å². The molecule has 162 valence electrons. The van der Waals surface area contributed by atoms with E-state index in [9.17, 15) is 24.9 Å². The molecule has 4 aliphatic rings. The fourth-order valence-electron chi connectivity index (χ4n) is 7.43. The Morgan fingerprint density at radius 2 is 2.03 bits per heavy atom. The quantitative estimate of drug-likeness (QED) is 0.594. The highest BCUT2D eigenvalue weighted by Gasteiger charge is 2.68. The molecule has 9 atom stereocenters. The molecule has 3 aliphatic carbocycles. The molecule has 7 heteroatoms. The average molecular weight is 408 g/mol. The molecule has 29 heavy (non-hydrogen) atoms. The topological polar surface area (TPSA) is 113 Å². The normalized spacial score (nSPS) is 51.3. The number of fused-ring (bicyclic) bond motifs is 4. The van der Waals surface area contributed by atoms with Crippen LogP contribution in [0.3, 0.4) is 0 Å². The molecule has 0 amide bonds. The van der Waals surface area contributed by atoms with E-state index in [4.69, 9.17) is 9.47 Å². The highest BCUT2D eigenvalue weighted by Crippen LogP contribution is 2.67. The van der Waals surface area contributed by atoms with Crippen LogP contribution < -0.4 is 0 Å². The van der Waals surface area contributed by atoms with Gasteiger partial charge in [-0.2, -0.15) is 0 Å². The Labute approximate surface area is 171 Å². The maximum Gasteiger partial charge on any atom is 0.333 e. The lowest BCUT2D eigenvalue weighted by molar-refractivity contribution is -0.269. The Bertz CT molecular complexity index is 762. The van der Waals surface area contributed by atoms with Crippen molar-refractivity contribution in [3.05, 3.63) is 11.6 Å². The van der Waals surface area contributed by atoms with E-state index in [2.05, 4.69) is 6.92 Å². The minimum Gasteiger partial charge on any atom is -0.459 e. The van der Waals surface area contributed by atoms with Crippen LogP contribution in [0.4, 0.5) is 0 Å². The lowest BCUT2D eigenvalue weighted by Gasteiger charge is -2.65. The van der Waals surface area contributed by atoms with Gasteiger partial charge in [-0.15, -0.1) is 0 Å². The van der Waals surface area contributed by atoms with E-state index in [1.807, 2.05) is 13.8 Å². The fourth-order valence-corrected chi connectivity index (χ4v) is 7.43. The van der Waals surface area contributed by atoms with Crippen molar-refractivity contribution in [3.8, 4) is 0 Å². The minimum atomic E-state index is -1.65. The van der Waals surface area contributed by atoms with Crippen LogP contribution >= 0.6 is 0 Å². The molecule has 0 unspecified atom stereocenters. The van der Waals surface area contributed by atoms with Crippen molar-refractivity contribution in [2.45, 2.75) is 71.4 Å². The van der Waals surface area contributed by atoms with Crippen LogP contribution in [0.2, 0.25) is 0 Å². The summed E-state index contributed by atoms with van der Waals surface area (Å²) < 4.78 is 11.0. The lowest BCUT2D eigenvalue weighted by atomic mass is 9.41. The first kappa shape index (κ1) is 20.8. The number of ether oxygens (including phenoxy) is 2. The molecule has 0 bridgehead atoms. The predicted octanol–water partition coefficient (Wildman–Crippen LogP) is 1.54. The standard InChI is InChI=1S/C22H32O7/c1-11-13-8-15(25)29-22(13,27)9-14-16(11)17(26)18(28-12(2)24)19-20(3,10-23)6-5-7-21(14,19)4/h8,11,14,16-19,23,26-27H,5-7,9-10H2,1-4H3/t11-,14+,16-,17-,18-,19-,20-,21+,22-/m1/s1. The van der Waals surface area contributed by atoms with Gasteiger partial charge in [0.1, 0.15) is 6.10 Å². The van der Waals surface area contributed by atoms with Crippen LogP contribution in [0.1, 0.15) is 53.4 Å². The van der Waals surface area contributed by atoms with E-state index < -0.39 is 40.8 Å². The van der Waals surface area contributed by atoms with E-state index in [0.717, 1.165) is 19.3 Å². The highest BCUT2D eigenvalue weighted by atomic mass is 16.7. The number of carbonyl (C=O) groups excluding carboxylic acids is 2. The predicted molar refractivity (Wildman–Crippen MR) is 102 cm³/mol. The molecule has 0 radical (unpaired) electrons. The SMILES string of the molecule is CC(=O)O[C@@H]1[C@H](O)[C@@H]2[C@H](C)C3=CC(=O)O[C@]3(O)C[C@@H]2[C@]2(C)CCC[C@](C)(CO)[C@@H]12. The van der Waals surface area contributed by atoms with Crippen molar-refractivity contribution in [3.63, 3.8) is 0 Å². The molecule has 0 saturated heterocycles. The van der Waals surface area contributed by atoms with Crippen molar-refractivity contribution < 1.29 is 34.4 Å². The van der Waals surface area contributed by atoms with Crippen molar-refractivity contribution in [2.75, 3.05) is 6.61 Å². The van der Waals surface area contributed by atoms with Crippen molar-refractivity contribution in [1.29, 1.82) is 0 Å². The molecule has 0 aromatic rings. The molecule has 7 nitrogen and oxygen atoms in total. The van der Waals surface area contributed by atoms with Gasteiger partial charge < -0.3 is 24.8 Å². The van der Waals surface area contributed by atoms with Gasteiger partial charge >= 0.3 is 11.9 Å². The van der Waals surface area contributed by atoms with E-state index in [1.165, 1.54) is 13.0 Å². The van der Waals surface area contributed by atoms with Crippen LogP contribution in [-0.4, -0.2) is 51.9 Å². The van der Waals surface area contributed by atoms with E-state index in [0.29, 0.717) is 5.57 Å². The number of rotatable bonds is 2. The van der Waals surface area contributed by atoms with E-state index in [1.54, 1.807) is 0 Å². The van der Waals surface area contributed by atoms with Gasteiger partial charge in [-0.3, -0.25) is 4.79 Å². The van der Waals surface area contributed by atoms with Gasteiger partial charge in [0, 0.05) is 37.5 Å². The fraction of sp³-hybridized carbons (Fsp3) is 0.818. The molecule has 3 N–H and O–H groups in total. The van der Waals surface area contributed by atoms with Gasteiger partial charge in [0.15, 0.2) is 0 Å². The highest BCUT2D eigenvalue weighted by molar-refractivity contribution is 5.86. The molecule has 0 spiro atoms. The summed E-state index contributed by atoms with van der Waals surface area (Å²) >= 11 is 0. The number of esters is 2. The Hall–Kier alpha value is -1.44. The summed E-state index contributed by atoms with van der Waals surface area (Å²) in [6.45, 7) is 7.26. The first-order chi connectivity index (χ1) is 13.5. The van der Waals surface area contributed by atoms with Crippen molar-refractivity contribution in [2.24, 2.45) is 34.5 Å². The summed E-state index contributed by atoms with van der Waals surface area (Å²) in [7, 11) is 0. The smallest absolute Gasteiger partial charge is 0.333 e. The summed E-state index contributed by atoms with van der Waals surface area (Å²) in [6.07, 6.45) is 2.33. The third kappa shape index (κ3) is 2.81. The number of hydrogen-bond donors (Lipinski definition) is 3. The zero-order valence-electron chi connectivity index (χ0n) is 17.6. The third-order valence-electron chi connectivity index (χ3n) is 8.52. The Morgan fingerprint density at radius 1 is 1.34 bits per heavy atom. The molecule has 0 aromatic heterocycles. The third-order valence-corrected chi connectivity index (χ3v) is 8.52. The molecule has 3 saturated carbocycles. The molecule has 0 aromatic carbocycles. The second-order valence-electron chi connectivity index (χ2n) is 10.2. The Balaban J connectivity index is 1.85.